The van der Waals surface area contributed by atoms with E-state index in [2.05, 4.69) is 35.5 Å². The molecule has 5 N–H and O–H groups in total. The molecule has 2 aromatic carbocycles. The molecule has 0 saturated heterocycles. The second kappa shape index (κ2) is 16.3. The van der Waals surface area contributed by atoms with Crippen molar-refractivity contribution < 1.29 is 34.8 Å². The van der Waals surface area contributed by atoms with Crippen LogP contribution in [-0.2, 0) is 17.9 Å². The van der Waals surface area contributed by atoms with Gasteiger partial charge in [0, 0.05) is 23.5 Å². The number of fused-ring (bicyclic) bond motifs is 2. The van der Waals surface area contributed by atoms with Crippen LogP contribution in [0.15, 0.2) is 85.5 Å². The van der Waals surface area contributed by atoms with Crippen molar-refractivity contribution in [1.82, 2.24) is 44.8 Å². The number of benzene rings is 2. The molecule has 58 heavy (non-hydrogen) atoms. The van der Waals surface area contributed by atoms with Gasteiger partial charge in [0.25, 0.3) is 5.91 Å². The fraction of sp³-hybridized carbons (Fsp3) is 0.0789. The Hall–Kier alpha value is -8.07. The summed E-state index contributed by atoms with van der Waals surface area (Å²) in [6, 6.07) is 23.3. The van der Waals surface area contributed by atoms with Gasteiger partial charge in [0.05, 0.1) is 25.5 Å². The molecule has 8 aromatic rings. The first-order valence-electron chi connectivity index (χ1n) is 16.8. The fourth-order valence-electron chi connectivity index (χ4n) is 5.54. The number of amides is 1. The van der Waals surface area contributed by atoms with Crippen LogP contribution in [0.1, 0.15) is 43.5 Å². The number of nitrogens with zero attached hydrogens (tertiary/aromatic N) is 10. The van der Waals surface area contributed by atoms with Gasteiger partial charge in [-0.2, -0.15) is 20.7 Å². The van der Waals surface area contributed by atoms with Crippen molar-refractivity contribution in [3.63, 3.8) is 0 Å². The minimum absolute atomic E-state index is 0.139. The van der Waals surface area contributed by atoms with E-state index in [1.807, 2.05) is 72.8 Å². The number of nitriles is 2. The van der Waals surface area contributed by atoms with Gasteiger partial charge < -0.3 is 25.7 Å². The molecule has 0 aliphatic rings. The minimum atomic E-state index is -1.41. The van der Waals surface area contributed by atoms with E-state index in [1.54, 1.807) is 34.2 Å². The number of carbonyl (C=O) groups excluding carboxylic acids is 1. The molecule has 0 radical (unpaired) electrons. The zero-order valence-corrected chi connectivity index (χ0v) is 31.1. The lowest BCUT2D eigenvalue weighted by atomic mass is 10.2. The van der Waals surface area contributed by atoms with Gasteiger partial charge in [-0.1, -0.05) is 60.7 Å². The van der Waals surface area contributed by atoms with Crippen LogP contribution in [0.3, 0.4) is 0 Å². The lowest BCUT2D eigenvalue weighted by molar-refractivity contribution is -0.135. The number of nitrogens with one attached hydrogen (secondary N) is 1. The highest BCUT2D eigenvalue weighted by Gasteiger charge is 2.25. The number of hydrogen-bond donors (Lipinski definition) is 5. The van der Waals surface area contributed by atoms with Gasteiger partial charge in [-0.25, -0.2) is 24.7 Å². The first-order valence-corrected chi connectivity index (χ1v) is 18.4. The molecule has 0 atom stereocenters. The van der Waals surface area contributed by atoms with Gasteiger partial charge >= 0.3 is 11.9 Å². The van der Waals surface area contributed by atoms with E-state index in [-0.39, 0.29) is 31.8 Å². The fourth-order valence-corrected chi connectivity index (χ4v) is 7.52. The highest BCUT2D eigenvalue weighted by molar-refractivity contribution is 7.22. The lowest BCUT2D eigenvalue weighted by Gasteiger charge is -2.05. The Bertz CT molecular complexity index is 2950. The summed E-state index contributed by atoms with van der Waals surface area (Å²) >= 11 is 2.17. The maximum atomic E-state index is 12.2. The number of aromatic carboxylic acids is 1. The summed E-state index contributed by atoms with van der Waals surface area (Å²) in [5, 5.41) is 69.0. The Morgan fingerprint density at radius 2 is 1.12 bits per heavy atom. The van der Waals surface area contributed by atoms with Crippen molar-refractivity contribution >= 4 is 61.0 Å². The molecule has 6 heterocycles. The molecule has 18 nitrogen and oxygen atoms in total. The molecule has 6 aromatic heterocycles. The van der Waals surface area contributed by atoms with Crippen LogP contribution >= 0.6 is 22.7 Å². The van der Waals surface area contributed by atoms with Crippen LogP contribution in [0.25, 0.3) is 41.6 Å². The third-order valence-electron chi connectivity index (χ3n) is 8.19. The normalized spacial score (nSPS) is 10.7. The average molecular weight is 812 g/mol. The maximum absolute atomic E-state index is 12.2. The third kappa shape index (κ3) is 7.99. The first-order chi connectivity index (χ1) is 28.0. The Labute approximate surface area is 333 Å². The molecule has 0 fully saturated rings. The molecule has 0 bridgehead atoms. The molecule has 0 unspecified atom stereocenters. The molecule has 20 heteroatoms. The van der Waals surface area contributed by atoms with Crippen molar-refractivity contribution in [2.24, 2.45) is 0 Å². The average Bonchev–Trinajstić information content (AvgIpc) is 4.05. The predicted octanol–water partition coefficient (Wildman–Crippen LogP) is 4.87. The number of carboxylic acid groups (broad SMARTS) is 2. The smallest absolute Gasteiger partial charge is 0.358 e. The molecular formula is C38H25N11O7S2. The molecule has 8 rings (SSSR count). The summed E-state index contributed by atoms with van der Waals surface area (Å²) < 4.78 is 3.91. The van der Waals surface area contributed by atoms with E-state index in [9.17, 15) is 35.1 Å². The Balaban J connectivity index is 0.000000178. The quantitative estimate of drug-likeness (QED) is 0.123. The van der Waals surface area contributed by atoms with E-state index in [0.717, 1.165) is 33.8 Å². The molecule has 0 aliphatic carbocycles. The maximum Gasteiger partial charge on any atom is 0.358 e. The van der Waals surface area contributed by atoms with Crippen molar-refractivity contribution in [2.45, 2.75) is 13.1 Å². The van der Waals surface area contributed by atoms with Gasteiger partial charge in [0.15, 0.2) is 34.3 Å². The molecule has 0 spiro atoms. The van der Waals surface area contributed by atoms with Crippen molar-refractivity contribution in [3.8, 4) is 44.8 Å². The van der Waals surface area contributed by atoms with Crippen LogP contribution in [0, 0.1) is 22.7 Å². The largest absolute Gasteiger partial charge is 0.504 e. The number of carbonyl (C=O) groups is 3. The minimum Gasteiger partial charge on any atom is -0.504 e. The molecule has 286 valence electrons. The second-order valence-corrected chi connectivity index (χ2v) is 14.1. The van der Waals surface area contributed by atoms with Gasteiger partial charge in [0.2, 0.25) is 0 Å². The van der Waals surface area contributed by atoms with Crippen LogP contribution < -0.4 is 5.32 Å². The van der Waals surface area contributed by atoms with E-state index in [0.29, 0.717) is 34.2 Å². The third-order valence-corrected chi connectivity index (χ3v) is 10.4. The highest BCUT2D eigenvalue weighted by atomic mass is 32.1. The number of aromatic nitrogens is 8. The van der Waals surface area contributed by atoms with Gasteiger partial charge in [-0.15, -0.1) is 22.7 Å². The highest BCUT2D eigenvalue weighted by Crippen LogP contribution is 2.39. The Morgan fingerprint density at radius 1 is 0.672 bits per heavy atom. The standard InChI is InChI=1S/C20H14N6O4S.C18H11N5O3S/c21-6-13-15-18(17(29)16(24-13)19(30)22-8-14(27)28)31-20(25-15)12-7-23-26(10-12)9-11-4-2-1-3-5-11;19-6-12-13-16(15(24)14(21-12)18(25)26)27-17(22-13)11-7-20-23(9-11)8-10-4-2-1-3-5-10/h1-5,7,10,29H,8-9H2,(H,22,30)(H,27,28);1-5,7,9,24H,8H2,(H,25,26). The van der Waals surface area contributed by atoms with Gasteiger partial charge in [-0.05, 0) is 11.1 Å². The topological polar surface area (TPSA) is 279 Å². The number of aliphatic carboxylic acids is 1. The zero-order chi connectivity index (χ0) is 40.9. The zero-order valence-electron chi connectivity index (χ0n) is 29.5. The van der Waals surface area contributed by atoms with Gasteiger partial charge in [-0.3, -0.25) is 19.0 Å². The SMILES string of the molecule is N#Cc1nc(C(=O)NCC(=O)O)c(O)c2sc(-c3cnn(Cc4ccccc4)c3)nc12.N#Cc1nc(C(=O)O)c(O)c2sc(-c3cnn(Cc4ccccc4)c3)nc12. The molecular weight excluding hydrogens is 787 g/mol. The molecule has 0 saturated carbocycles. The monoisotopic (exact) mass is 811 g/mol. The van der Waals surface area contributed by atoms with E-state index >= 15 is 0 Å². The van der Waals surface area contributed by atoms with Crippen molar-refractivity contribution in [1.29, 1.82) is 10.5 Å². The van der Waals surface area contributed by atoms with E-state index < -0.39 is 47.3 Å². The van der Waals surface area contributed by atoms with Crippen LogP contribution in [0.2, 0.25) is 0 Å². The Kier molecular flexibility index (Phi) is 10.8. The summed E-state index contributed by atoms with van der Waals surface area (Å²) in [5.41, 5.74) is 2.61. The number of rotatable bonds is 10. The summed E-state index contributed by atoms with van der Waals surface area (Å²) in [6.07, 6.45) is 6.86. The van der Waals surface area contributed by atoms with Crippen molar-refractivity contribution in [2.75, 3.05) is 6.54 Å². The number of thiazole rings is 2. The number of hydrogen-bond acceptors (Lipinski definition) is 15. The number of carboxylic acids is 2. The summed E-state index contributed by atoms with van der Waals surface area (Å²) in [5.74, 6) is -4.50. The summed E-state index contributed by atoms with van der Waals surface area (Å²) in [4.78, 5) is 50.4. The van der Waals surface area contributed by atoms with Crippen LogP contribution in [0.4, 0.5) is 0 Å². The lowest BCUT2D eigenvalue weighted by Crippen LogP contribution is -2.30. The van der Waals surface area contributed by atoms with Crippen molar-refractivity contribution in [3.05, 3.63) is 119 Å². The van der Waals surface area contributed by atoms with Crippen LogP contribution in [-0.4, -0.2) is 84.3 Å². The number of aromatic hydroxyl groups is 2. The van der Waals surface area contributed by atoms with E-state index in [1.165, 1.54) is 0 Å². The number of pyridine rings is 2. The second-order valence-electron chi connectivity index (χ2n) is 12.1. The Morgan fingerprint density at radius 3 is 1.55 bits per heavy atom. The summed E-state index contributed by atoms with van der Waals surface area (Å²) in [7, 11) is 0. The summed E-state index contributed by atoms with van der Waals surface area (Å²) in [6.45, 7) is 0.509. The molecule has 1 amide bonds. The predicted molar refractivity (Wildman–Crippen MR) is 208 cm³/mol. The van der Waals surface area contributed by atoms with Gasteiger partial charge in [0.1, 0.15) is 49.1 Å². The van der Waals surface area contributed by atoms with Crippen LogP contribution in [0.5, 0.6) is 11.5 Å². The molecule has 0 aliphatic heterocycles. The van der Waals surface area contributed by atoms with E-state index in [4.69, 9.17) is 10.2 Å². The first kappa shape index (κ1) is 38.2.